The van der Waals surface area contributed by atoms with E-state index in [1.807, 2.05) is 11.3 Å². The van der Waals surface area contributed by atoms with E-state index in [1.165, 1.54) is 69.4 Å². The van der Waals surface area contributed by atoms with Crippen LogP contribution in [0.1, 0.15) is 0 Å². The lowest BCUT2D eigenvalue weighted by molar-refractivity contribution is 1.41. The summed E-state index contributed by atoms with van der Waals surface area (Å²) in [6.45, 7) is 0. The van der Waals surface area contributed by atoms with Crippen molar-refractivity contribution >= 4 is 64.0 Å². The van der Waals surface area contributed by atoms with E-state index in [4.69, 9.17) is 4.98 Å². The third-order valence-electron chi connectivity index (χ3n) is 8.65. The fourth-order valence-corrected chi connectivity index (χ4v) is 7.86. The number of benzene rings is 7. The predicted octanol–water partition coefficient (Wildman–Crippen LogP) is 11.9. The van der Waals surface area contributed by atoms with Gasteiger partial charge in [-0.3, -0.25) is 0 Å². The Morgan fingerprint density at radius 2 is 0.907 bits per heavy atom. The number of fused-ring (bicyclic) bond motifs is 9. The molecule has 0 aliphatic heterocycles. The number of aromatic nitrogens is 1. The van der Waals surface area contributed by atoms with E-state index in [9.17, 15) is 0 Å². The van der Waals surface area contributed by atoms with Crippen LogP contribution in [0.25, 0.3) is 86.1 Å². The Labute approximate surface area is 253 Å². The van der Waals surface area contributed by atoms with Crippen LogP contribution in [-0.4, -0.2) is 4.98 Å². The van der Waals surface area contributed by atoms with E-state index in [0.717, 1.165) is 16.8 Å². The first-order valence-electron chi connectivity index (χ1n) is 14.6. The smallest absolute Gasteiger partial charge is 0.0794 e. The zero-order chi connectivity index (χ0) is 28.3. The molecular weight excluding hydrogens is 539 g/mol. The molecule has 9 aromatic rings. The van der Waals surface area contributed by atoms with Crippen molar-refractivity contribution in [1.82, 2.24) is 4.98 Å². The zero-order valence-corrected chi connectivity index (χ0v) is 24.1. The van der Waals surface area contributed by atoms with Crippen LogP contribution < -0.4 is 0 Å². The zero-order valence-electron chi connectivity index (χ0n) is 23.3. The Hall–Kier alpha value is -5.31. The molecule has 0 saturated heterocycles. The summed E-state index contributed by atoms with van der Waals surface area (Å²) < 4.78 is 2.67. The molecule has 0 amide bonds. The van der Waals surface area contributed by atoms with Gasteiger partial charge in [0.1, 0.15) is 0 Å². The van der Waals surface area contributed by atoms with Gasteiger partial charge in [0.05, 0.1) is 11.2 Å². The minimum Gasteiger partial charge on any atom is -0.247 e. The van der Waals surface area contributed by atoms with Crippen molar-refractivity contribution < 1.29 is 0 Å². The van der Waals surface area contributed by atoms with Gasteiger partial charge in [0.2, 0.25) is 0 Å². The van der Waals surface area contributed by atoms with Crippen molar-refractivity contribution in [2.24, 2.45) is 0 Å². The van der Waals surface area contributed by atoms with Gasteiger partial charge in [-0.25, -0.2) is 4.98 Å². The number of pyridine rings is 1. The maximum atomic E-state index is 5.28. The third kappa shape index (κ3) is 3.88. The molecule has 0 atom stereocenters. The van der Waals surface area contributed by atoms with Crippen molar-refractivity contribution in [3.63, 3.8) is 0 Å². The monoisotopic (exact) mass is 563 g/mol. The Bertz CT molecular complexity index is 2480. The average molecular weight is 564 g/mol. The molecule has 200 valence electrons. The highest BCUT2D eigenvalue weighted by Gasteiger charge is 2.13. The first kappa shape index (κ1) is 24.3. The summed E-state index contributed by atoms with van der Waals surface area (Å²) in [7, 11) is 0. The summed E-state index contributed by atoms with van der Waals surface area (Å²) in [5.41, 5.74) is 8.07. The Kier molecular flexibility index (Phi) is 5.44. The van der Waals surface area contributed by atoms with E-state index in [1.54, 1.807) is 0 Å². The number of hydrogen-bond acceptors (Lipinski definition) is 2. The van der Waals surface area contributed by atoms with Gasteiger partial charge >= 0.3 is 0 Å². The molecule has 2 heteroatoms. The second kappa shape index (κ2) is 9.62. The first-order chi connectivity index (χ1) is 21.3. The summed E-state index contributed by atoms with van der Waals surface area (Å²) in [4.78, 5) is 5.28. The van der Waals surface area contributed by atoms with Gasteiger partial charge < -0.3 is 0 Å². The van der Waals surface area contributed by atoms with Crippen molar-refractivity contribution in [1.29, 1.82) is 0 Å². The lowest BCUT2D eigenvalue weighted by Crippen LogP contribution is -1.90. The standard InChI is InChI=1S/C41H25NS/c1-2-16-33-31(14-1)32-15-3-4-18-35(32)40-36(33)22-23-38(42-40)29-13-8-11-27(25-29)26-10-7-12-28(24-26)30-19-9-20-37-34-17-5-6-21-39(34)43-41(30)37/h1-25H. The first-order valence-corrected chi connectivity index (χ1v) is 15.5. The minimum atomic E-state index is 0.987. The van der Waals surface area contributed by atoms with Crippen LogP contribution in [0.5, 0.6) is 0 Å². The number of thiophene rings is 1. The number of nitrogens with zero attached hydrogens (tertiary/aromatic N) is 1. The summed E-state index contributed by atoms with van der Waals surface area (Å²) in [5, 5.41) is 8.80. The molecule has 0 bridgehead atoms. The highest BCUT2D eigenvalue weighted by atomic mass is 32.1. The fourth-order valence-electron chi connectivity index (χ4n) is 6.62. The van der Waals surface area contributed by atoms with Crippen molar-refractivity contribution in [3.05, 3.63) is 152 Å². The highest BCUT2D eigenvalue weighted by molar-refractivity contribution is 7.26. The SMILES string of the molecule is c1cc(-c2cccc(-c3cccc4c3sc3ccccc34)c2)cc(-c2ccc3c4ccccc4c4ccccc4c3n2)c1. The summed E-state index contributed by atoms with van der Waals surface area (Å²) in [5.74, 6) is 0. The molecule has 0 spiro atoms. The molecule has 9 rings (SSSR count). The van der Waals surface area contributed by atoms with E-state index >= 15 is 0 Å². The molecule has 0 aliphatic rings. The van der Waals surface area contributed by atoms with Gasteiger partial charge in [0, 0.05) is 36.5 Å². The Morgan fingerprint density at radius 3 is 1.67 bits per heavy atom. The normalized spacial score (nSPS) is 11.7. The molecule has 7 aromatic carbocycles. The van der Waals surface area contributed by atoms with Gasteiger partial charge in [0.25, 0.3) is 0 Å². The average Bonchev–Trinajstić information content (AvgIpc) is 3.47. The van der Waals surface area contributed by atoms with E-state index in [0.29, 0.717) is 0 Å². The topological polar surface area (TPSA) is 12.9 Å². The van der Waals surface area contributed by atoms with Crippen molar-refractivity contribution in [2.45, 2.75) is 0 Å². The van der Waals surface area contributed by atoms with Crippen molar-refractivity contribution in [3.8, 4) is 33.5 Å². The van der Waals surface area contributed by atoms with Crippen LogP contribution >= 0.6 is 11.3 Å². The summed E-state index contributed by atoms with van der Waals surface area (Å²) in [6, 6.07) is 54.8. The highest BCUT2D eigenvalue weighted by Crippen LogP contribution is 2.41. The summed E-state index contributed by atoms with van der Waals surface area (Å²) in [6.07, 6.45) is 0. The van der Waals surface area contributed by atoms with E-state index < -0.39 is 0 Å². The largest absolute Gasteiger partial charge is 0.247 e. The van der Waals surface area contributed by atoms with Gasteiger partial charge in [-0.15, -0.1) is 11.3 Å². The molecule has 2 aromatic heterocycles. The maximum Gasteiger partial charge on any atom is 0.0794 e. The Balaban J connectivity index is 1.17. The van der Waals surface area contributed by atoms with Gasteiger partial charge in [-0.2, -0.15) is 0 Å². The van der Waals surface area contributed by atoms with E-state index in [-0.39, 0.29) is 0 Å². The predicted molar refractivity (Wildman–Crippen MR) is 186 cm³/mol. The minimum absolute atomic E-state index is 0.987. The number of rotatable bonds is 3. The van der Waals surface area contributed by atoms with Crippen LogP contribution in [0.3, 0.4) is 0 Å². The van der Waals surface area contributed by atoms with Gasteiger partial charge in [0.15, 0.2) is 0 Å². The second-order valence-electron chi connectivity index (χ2n) is 11.1. The van der Waals surface area contributed by atoms with Crippen LogP contribution in [0.2, 0.25) is 0 Å². The Morgan fingerprint density at radius 1 is 0.372 bits per heavy atom. The van der Waals surface area contributed by atoms with Crippen LogP contribution in [0.4, 0.5) is 0 Å². The molecule has 0 aliphatic carbocycles. The molecule has 0 radical (unpaired) electrons. The molecule has 0 fully saturated rings. The molecule has 0 N–H and O–H groups in total. The molecule has 1 nitrogen and oxygen atoms in total. The van der Waals surface area contributed by atoms with Gasteiger partial charge in [-0.1, -0.05) is 121 Å². The molecule has 43 heavy (non-hydrogen) atoms. The lowest BCUT2D eigenvalue weighted by atomic mass is 9.95. The van der Waals surface area contributed by atoms with Crippen LogP contribution in [-0.2, 0) is 0 Å². The second-order valence-corrected chi connectivity index (χ2v) is 12.2. The lowest BCUT2D eigenvalue weighted by Gasteiger charge is -2.12. The molecular formula is C41H25NS. The molecule has 0 saturated carbocycles. The maximum absolute atomic E-state index is 5.28. The molecule has 0 unspecified atom stereocenters. The van der Waals surface area contributed by atoms with Gasteiger partial charge in [-0.05, 0) is 68.7 Å². The molecule has 2 heterocycles. The summed E-state index contributed by atoms with van der Waals surface area (Å²) >= 11 is 1.88. The van der Waals surface area contributed by atoms with E-state index in [2.05, 4.69) is 152 Å². The third-order valence-corrected chi connectivity index (χ3v) is 9.87. The number of hydrogen-bond donors (Lipinski definition) is 0. The van der Waals surface area contributed by atoms with Crippen LogP contribution in [0.15, 0.2) is 152 Å². The fraction of sp³-hybridized carbons (Fsp3) is 0. The quantitative estimate of drug-likeness (QED) is 0.195. The van der Waals surface area contributed by atoms with Crippen LogP contribution in [0, 0.1) is 0 Å². The van der Waals surface area contributed by atoms with Crippen molar-refractivity contribution in [2.75, 3.05) is 0 Å².